The van der Waals surface area contributed by atoms with Gasteiger partial charge in [-0.25, -0.2) is 15.0 Å². The van der Waals surface area contributed by atoms with Crippen LogP contribution in [0.15, 0.2) is 41.3 Å². The lowest BCUT2D eigenvalue weighted by Crippen LogP contribution is -2.47. The molecule has 1 aliphatic heterocycles. The molecule has 1 saturated heterocycles. The Morgan fingerprint density at radius 1 is 1.14 bits per heavy atom. The van der Waals surface area contributed by atoms with E-state index in [2.05, 4.69) is 54.3 Å². The second kappa shape index (κ2) is 10.6. The van der Waals surface area contributed by atoms with E-state index in [4.69, 9.17) is 0 Å². The van der Waals surface area contributed by atoms with Crippen LogP contribution in [0.2, 0.25) is 0 Å². The molecule has 2 amide bonds. The number of ketones is 1. The lowest BCUT2D eigenvalue weighted by atomic mass is 10.0. The number of Topliss-reactive ketones (excluding diaryl/α,β-unsaturated/α-hetero) is 1. The molecule has 4 heterocycles. The van der Waals surface area contributed by atoms with E-state index in [1.165, 1.54) is 6.92 Å². The Morgan fingerprint density at radius 3 is 2.58 bits per heavy atom. The minimum Gasteiger partial charge on any atom is -0.325 e. The molecule has 11 nitrogen and oxygen atoms in total. The third kappa shape index (κ3) is 5.18. The highest BCUT2D eigenvalue weighted by molar-refractivity contribution is 9.10. The van der Waals surface area contributed by atoms with E-state index in [0.717, 1.165) is 23.1 Å². The number of aromatic nitrogens is 5. The van der Waals surface area contributed by atoms with Gasteiger partial charge in [-0.2, -0.15) is 10.4 Å². The van der Waals surface area contributed by atoms with Gasteiger partial charge in [-0.3, -0.25) is 19.1 Å². The zero-order valence-corrected chi connectivity index (χ0v) is 25.8. The number of nitrogens with one attached hydrogen (secondary N) is 1. The summed E-state index contributed by atoms with van der Waals surface area (Å²) in [5.41, 5.74) is 3.92. The van der Waals surface area contributed by atoms with Crippen LogP contribution >= 0.6 is 15.9 Å². The average Bonchev–Trinajstić information content (AvgIpc) is 3.31. The van der Waals surface area contributed by atoms with Gasteiger partial charge in [0.1, 0.15) is 34.5 Å². The average molecular weight is 642 g/mol. The van der Waals surface area contributed by atoms with Crippen molar-refractivity contribution in [1.29, 1.82) is 5.26 Å². The molecule has 3 atom stereocenters. The van der Waals surface area contributed by atoms with E-state index in [9.17, 15) is 19.6 Å². The van der Waals surface area contributed by atoms with Crippen LogP contribution in [0.25, 0.3) is 22.0 Å². The van der Waals surface area contributed by atoms with Crippen LogP contribution in [-0.2, 0) is 22.6 Å². The van der Waals surface area contributed by atoms with Crippen LogP contribution in [0.1, 0.15) is 54.1 Å². The highest BCUT2D eigenvalue weighted by Gasteiger charge is 2.64. The lowest BCUT2D eigenvalue weighted by molar-refractivity contribution is -0.138. The summed E-state index contributed by atoms with van der Waals surface area (Å²) in [6.07, 6.45) is 4.91. The highest BCUT2D eigenvalue weighted by atomic mass is 79.9. The van der Waals surface area contributed by atoms with Crippen LogP contribution < -0.4 is 5.32 Å². The van der Waals surface area contributed by atoms with E-state index in [-0.39, 0.29) is 47.7 Å². The highest BCUT2D eigenvalue weighted by Crippen LogP contribution is 2.59. The zero-order valence-electron chi connectivity index (χ0n) is 24.2. The van der Waals surface area contributed by atoms with E-state index in [0.29, 0.717) is 39.1 Å². The van der Waals surface area contributed by atoms with Crippen LogP contribution in [0, 0.1) is 30.6 Å². The zero-order chi connectivity index (χ0) is 30.6. The molecule has 0 unspecified atom stereocenters. The molecule has 4 aromatic rings. The quantitative estimate of drug-likeness (QED) is 0.228. The first kappa shape index (κ1) is 28.6. The summed E-state index contributed by atoms with van der Waals surface area (Å²) >= 11 is 3.33. The van der Waals surface area contributed by atoms with Crippen molar-refractivity contribution < 1.29 is 14.4 Å². The van der Waals surface area contributed by atoms with Crippen LogP contribution in [0.5, 0.6) is 0 Å². The number of nitrogens with zero attached hydrogens (tertiary/aromatic N) is 7. The van der Waals surface area contributed by atoms with Gasteiger partial charge in [-0.05, 0) is 77.4 Å². The number of likely N-dealkylation sites (tertiary alicyclic amines) is 1. The topological polar surface area (TPSA) is 147 Å². The van der Waals surface area contributed by atoms with Crippen molar-refractivity contribution in [2.75, 3.05) is 5.32 Å². The van der Waals surface area contributed by atoms with E-state index < -0.39 is 6.04 Å². The minimum absolute atomic E-state index is 0.0619. The third-order valence-electron chi connectivity index (χ3n) is 8.45. The van der Waals surface area contributed by atoms with Crippen molar-refractivity contribution in [3.63, 3.8) is 0 Å². The maximum absolute atomic E-state index is 14.0. The number of nitriles is 1. The smallest absolute Gasteiger partial charge is 0.248 e. The number of amides is 2. The minimum atomic E-state index is -0.699. The Kier molecular flexibility index (Phi) is 7.08. The van der Waals surface area contributed by atoms with Gasteiger partial charge in [0.2, 0.25) is 11.8 Å². The standard InChI is InChI=1S/C31H29BrN8O3/c1-16-9-20(21-13-34-18(3)35-14-21)10-22-27(17(2)41)38-39(28(16)22)15-26(42)40-23(11-31(4)12-24(31)40)30(43)37-29-19(7-8-33)5-6-25(32)36-29/h5-6,9-10,13-14,23-24H,7,11-12,15H2,1-4H3,(H,36,37,43)/t23-,24+,31-/m0/s1. The summed E-state index contributed by atoms with van der Waals surface area (Å²) in [4.78, 5) is 54.8. The number of aryl methyl sites for hydroxylation is 2. The normalized spacial score (nSPS) is 20.5. The molecule has 2 fully saturated rings. The van der Waals surface area contributed by atoms with E-state index in [1.54, 1.807) is 34.1 Å². The first-order chi connectivity index (χ1) is 20.5. The Balaban J connectivity index is 1.31. The van der Waals surface area contributed by atoms with Crippen molar-refractivity contribution in [3.05, 3.63) is 63.9 Å². The Hall–Kier alpha value is -4.50. The molecule has 12 heteroatoms. The third-order valence-corrected chi connectivity index (χ3v) is 8.89. The van der Waals surface area contributed by atoms with Crippen molar-refractivity contribution in [2.45, 2.75) is 65.6 Å². The Bertz CT molecular complexity index is 1860. The molecule has 1 aliphatic carbocycles. The van der Waals surface area contributed by atoms with Gasteiger partial charge < -0.3 is 10.2 Å². The number of pyridine rings is 1. The fourth-order valence-electron chi connectivity index (χ4n) is 6.18. The predicted octanol–water partition coefficient (Wildman–Crippen LogP) is 4.55. The van der Waals surface area contributed by atoms with Gasteiger partial charge in [0.05, 0.1) is 18.0 Å². The van der Waals surface area contributed by atoms with Crippen LogP contribution in [0.4, 0.5) is 5.82 Å². The molecule has 1 N–H and O–H groups in total. The van der Waals surface area contributed by atoms with Crippen LogP contribution in [-0.4, -0.2) is 59.3 Å². The van der Waals surface area contributed by atoms with Gasteiger partial charge >= 0.3 is 0 Å². The van der Waals surface area contributed by atoms with E-state index >= 15 is 0 Å². The van der Waals surface area contributed by atoms with Crippen molar-refractivity contribution in [2.24, 2.45) is 5.41 Å². The molecule has 2 aliphatic rings. The maximum atomic E-state index is 14.0. The van der Waals surface area contributed by atoms with Gasteiger partial charge in [0.25, 0.3) is 0 Å². The number of rotatable bonds is 7. The van der Waals surface area contributed by atoms with Crippen molar-refractivity contribution in [3.8, 4) is 17.2 Å². The molecular weight excluding hydrogens is 612 g/mol. The number of halogens is 1. The molecule has 218 valence electrons. The molecular formula is C31H29BrN8O3. The SMILES string of the molecule is CC(=O)c1nn(CC(=O)N2[C@H](C(=O)Nc3nc(Br)ccc3CC#N)C[C@@]3(C)C[C@@H]23)c2c(C)cc(-c3cnc(C)nc3)cc12. The van der Waals surface area contributed by atoms with Crippen molar-refractivity contribution >= 4 is 50.2 Å². The number of anilines is 1. The first-order valence-electron chi connectivity index (χ1n) is 13.9. The summed E-state index contributed by atoms with van der Waals surface area (Å²) in [7, 11) is 0. The predicted molar refractivity (Wildman–Crippen MR) is 162 cm³/mol. The number of fused-ring (bicyclic) bond motifs is 2. The summed E-state index contributed by atoms with van der Waals surface area (Å²) in [5, 5.41) is 17.3. The second-order valence-corrected chi connectivity index (χ2v) is 12.4. The Morgan fingerprint density at radius 2 is 1.88 bits per heavy atom. The number of piperidine rings is 1. The molecule has 43 heavy (non-hydrogen) atoms. The van der Waals surface area contributed by atoms with Gasteiger partial charge in [-0.15, -0.1) is 0 Å². The molecule has 0 spiro atoms. The summed E-state index contributed by atoms with van der Waals surface area (Å²) < 4.78 is 2.10. The number of carbonyl (C=O) groups excluding carboxylic acids is 3. The molecule has 0 bridgehead atoms. The largest absolute Gasteiger partial charge is 0.325 e. The van der Waals surface area contributed by atoms with Gasteiger partial charge in [-0.1, -0.05) is 13.0 Å². The van der Waals surface area contributed by atoms with Crippen LogP contribution in [0.3, 0.4) is 0 Å². The lowest BCUT2D eigenvalue weighted by Gasteiger charge is -2.27. The maximum Gasteiger partial charge on any atom is 0.248 e. The Labute approximate surface area is 256 Å². The molecule has 0 radical (unpaired) electrons. The molecule has 1 saturated carbocycles. The van der Waals surface area contributed by atoms with Crippen molar-refractivity contribution in [1.82, 2.24) is 29.6 Å². The summed E-state index contributed by atoms with van der Waals surface area (Å²) in [6.45, 7) is 7.15. The fraction of sp³-hybridized carbons (Fsp3) is 0.355. The molecule has 3 aromatic heterocycles. The fourth-order valence-corrected chi connectivity index (χ4v) is 6.49. The monoisotopic (exact) mass is 640 g/mol. The number of benzene rings is 1. The van der Waals surface area contributed by atoms with Gasteiger partial charge in [0, 0.05) is 41.9 Å². The van der Waals surface area contributed by atoms with E-state index in [1.807, 2.05) is 26.0 Å². The number of hydrogen-bond donors (Lipinski definition) is 1. The number of carbonyl (C=O) groups is 3. The number of hydrogen-bond acceptors (Lipinski definition) is 8. The summed E-state index contributed by atoms with van der Waals surface area (Å²) in [5.74, 6) is 0.154. The summed E-state index contributed by atoms with van der Waals surface area (Å²) in [6, 6.07) is 8.64. The molecule has 1 aromatic carbocycles. The molecule has 6 rings (SSSR count). The first-order valence-corrected chi connectivity index (χ1v) is 14.7. The second-order valence-electron chi connectivity index (χ2n) is 11.6. The van der Waals surface area contributed by atoms with Gasteiger partial charge in [0.15, 0.2) is 5.78 Å².